The standard InChI is InChI=1S/C22H24N6O5/c1-13(11-29)28-12-23-26-20(28)17-4-3-5-19(24-17)25-21(30)16-8-15-10-27(22(31)32)7-6-14(15)9-18(16)33-2/h3-5,8-9,12-13,29H,6-7,10-11H2,1-2H3,(H,31,32)(H,24,25,30). The third kappa shape index (κ3) is 4.48. The predicted molar refractivity (Wildman–Crippen MR) is 118 cm³/mol. The predicted octanol–water partition coefficient (Wildman–Crippen LogP) is 2.19. The fourth-order valence-electron chi connectivity index (χ4n) is 3.75. The largest absolute Gasteiger partial charge is 0.496 e. The molecule has 0 radical (unpaired) electrons. The molecule has 33 heavy (non-hydrogen) atoms. The summed E-state index contributed by atoms with van der Waals surface area (Å²) >= 11 is 0. The minimum atomic E-state index is -0.994. The van der Waals surface area contributed by atoms with Crippen LogP contribution in [0.2, 0.25) is 0 Å². The molecular formula is C22H24N6O5. The molecule has 1 aliphatic rings. The van der Waals surface area contributed by atoms with E-state index in [0.29, 0.717) is 36.1 Å². The number of amides is 2. The number of aromatic nitrogens is 4. The third-order valence-electron chi connectivity index (χ3n) is 5.58. The van der Waals surface area contributed by atoms with E-state index in [9.17, 15) is 19.8 Å². The molecule has 11 heteroatoms. The summed E-state index contributed by atoms with van der Waals surface area (Å²) in [5, 5.41) is 29.5. The van der Waals surface area contributed by atoms with Gasteiger partial charge in [0.1, 0.15) is 23.6 Å². The lowest BCUT2D eigenvalue weighted by Crippen LogP contribution is -2.35. The molecule has 11 nitrogen and oxygen atoms in total. The summed E-state index contributed by atoms with van der Waals surface area (Å²) in [6, 6.07) is 8.33. The summed E-state index contributed by atoms with van der Waals surface area (Å²) < 4.78 is 7.13. The van der Waals surface area contributed by atoms with Crippen molar-refractivity contribution < 1.29 is 24.5 Å². The monoisotopic (exact) mass is 452 g/mol. The Morgan fingerprint density at radius 2 is 2.09 bits per heavy atom. The molecule has 0 spiro atoms. The van der Waals surface area contributed by atoms with Crippen molar-refractivity contribution in [1.82, 2.24) is 24.6 Å². The van der Waals surface area contributed by atoms with Gasteiger partial charge in [-0.1, -0.05) is 6.07 Å². The number of ether oxygens (including phenoxy) is 1. The Morgan fingerprint density at radius 3 is 2.82 bits per heavy atom. The Kier molecular flexibility index (Phi) is 6.22. The maximum absolute atomic E-state index is 13.1. The Morgan fingerprint density at radius 1 is 1.27 bits per heavy atom. The summed E-state index contributed by atoms with van der Waals surface area (Å²) in [5.74, 6) is 0.739. The van der Waals surface area contributed by atoms with Crippen LogP contribution >= 0.6 is 0 Å². The van der Waals surface area contributed by atoms with Crippen LogP contribution in [0.4, 0.5) is 10.6 Å². The summed E-state index contributed by atoms with van der Waals surface area (Å²) in [6.07, 6.45) is 1.07. The number of nitrogens with zero attached hydrogens (tertiary/aromatic N) is 5. The lowest BCUT2D eigenvalue weighted by molar-refractivity contribution is 0.102. The van der Waals surface area contributed by atoms with E-state index in [1.165, 1.54) is 18.3 Å². The number of aliphatic hydroxyl groups excluding tert-OH is 1. The molecule has 3 aromatic rings. The summed E-state index contributed by atoms with van der Waals surface area (Å²) in [7, 11) is 1.49. The average molecular weight is 452 g/mol. The number of hydrogen-bond acceptors (Lipinski definition) is 7. The number of hydrogen-bond donors (Lipinski definition) is 3. The Balaban J connectivity index is 1.61. The number of fused-ring (bicyclic) bond motifs is 1. The molecule has 3 heterocycles. The quantitative estimate of drug-likeness (QED) is 0.517. The summed E-state index contributed by atoms with van der Waals surface area (Å²) in [6.45, 7) is 2.35. The van der Waals surface area contributed by atoms with Gasteiger partial charge in [0, 0.05) is 13.1 Å². The van der Waals surface area contributed by atoms with E-state index in [1.54, 1.807) is 34.9 Å². The second-order valence-corrected chi connectivity index (χ2v) is 7.73. The van der Waals surface area contributed by atoms with Gasteiger partial charge in [0.2, 0.25) is 0 Å². The van der Waals surface area contributed by atoms with Crippen LogP contribution in [0.5, 0.6) is 5.75 Å². The molecule has 1 aromatic carbocycles. The van der Waals surface area contributed by atoms with Gasteiger partial charge in [0.15, 0.2) is 5.82 Å². The van der Waals surface area contributed by atoms with Crippen molar-refractivity contribution in [2.75, 3.05) is 25.6 Å². The van der Waals surface area contributed by atoms with E-state index < -0.39 is 12.0 Å². The summed E-state index contributed by atoms with van der Waals surface area (Å²) in [5.41, 5.74) is 2.49. The smallest absolute Gasteiger partial charge is 0.407 e. The molecule has 1 unspecified atom stereocenters. The number of methoxy groups -OCH3 is 1. The topological polar surface area (TPSA) is 143 Å². The lowest BCUT2D eigenvalue weighted by atomic mass is 9.96. The zero-order valence-corrected chi connectivity index (χ0v) is 18.2. The molecular weight excluding hydrogens is 428 g/mol. The Labute approximate surface area is 189 Å². The van der Waals surface area contributed by atoms with Crippen LogP contribution in [-0.2, 0) is 13.0 Å². The number of anilines is 1. The highest BCUT2D eigenvalue weighted by Crippen LogP contribution is 2.29. The van der Waals surface area contributed by atoms with Gasteiger partial charge in [-0.25, -0.2) is 9.78 Å². The van der Waals surface area contributed by atoms with Crippen LogP contribution in [0.1, 0.15) is 34.5 Å². The number of rotatable bonds is 6. The van der Waals surface area contributed by atoms with Gasteiger partial charge < -0.3 is 29.7 Å². The molecule has 2 amide bonds. The van der Waals surface area contributed by atoms with E-state index in [2.05, 4.69) is 20.5 Å². The third-order valence-corrected chi connectivity index (χ3v) is 5.58. The van der Waals surface area contributed by atoms with E-state index in [4.69, 9.17) is 4.74 Å². The van der Waals surface area contributed by atoms with Crippen LogP contribution < -0.4 is 10.1 Å². The fraction of sp³-hybridized carbons (Fsp3) is 0.318. The Hall–Kier alpha value is -3.99. The van der Waals surface area contributed by atoms with Crippen molar-refractivity contribution in [3.63, 3.8) is 0 Å². The molecule has 4 rings (SSSR count). The number of carbonyl (C=O) groups is 2. The number of pyridine rings is 1. The first-order chi connectivity index (χ1) is 15.9. The molecule has 2 aromatic heterocycles. The molecule has 0 aliphatic carbocycles. The highest BCUT2D eigenvalue weighted by Gasteiger charge is 2.24. The molecule has 0 saturated carbocycles. The Bertz CT molecular complexity index is 1190. The maximum atomic E-state index is 13.1. The molecule has 1 aliphatic heterocycles. The SMILES string of the molecule is COc1cc2c(cc1C(=O)Nc1cccc(-c3nncn3C(C)CO)n1)CN(C(=O)O)CC2. The zero-order chi connectivity index (χ0) is 23.5. The van der Waals surface area contributed by atoms with Crippen molar-refractivity contribution in [2.45, 2.75) is 25.9 Å². The van der Waals surface area contributed by atoms with E-state index in [-0.39, 0.29) is 24.8 Å². The van der Waals surface area contributed by atoms with Crippen molar-refractivity contribution in [2.24, 2.45) is 0 Å². The number of carboxylic acid groups (broad SMARTS) is 1. The minimum Gasteiger partial charge on any atom is -0.496 e. The summed E-state index contributed by atoms with van der Waals surface area (Å²) in [4.78, 5) is 30.2. The average Bonchev–Trinajstić information content (AvgIpc) is 3.32. The number of nitrogens with one attached hydrogen (secondary N) is 1. The van der Waals surface area contributed by atoms with Crippen molar-refractivity contribution in [3.05, 3.63) is 53.3 Å². The molecule has 3 N–H and O–H groups in total. The van der Waals surface area contributed by atoms with Crippen LogP contribution in [0, 0.1) is 0 Å². The molecule has 0 saturated heterocycles. The van der Waals surface area contributed by atoms with E-state index >= 15 is 0 Å². The molecule has 1 atom stereocenters. The van der Waals surface area contributed by atoms with E-state index in [0.717, 1.165) is 11.1 Å². The second kappa shape index (κ2) is 9.25. The maximum Gasteiger partial charge on any atom is 0.407 e. The van der Waals surface area contributed by atoms with Crippen LogP contribution in [0.3, 0.4) is 0 Å². The van der Waals surface area contributed by atoms with Gasteiger partial charge in [-0.2, -0.15) is 0 Å². The molecule has 0 fully saturated rings. The first-order valence-electron chi connectivity index (χ1n) is 10.4. The number of carbonyl (C=O) groups excluding carboxylic acids is 1. The first-order valence-corrected chi connectivity index (χ1v) is 10.4. The number of benzene rings is 1. The number of aliphatic hydroxyl groups is 1. The highest BCUT2D eigenvalue weighted by atomic mass is 16.5. The van der Waals surface area contributed by atoms with Gasteiger partial charge in [-0.05, 0) is 48.7 Å². The van der Waals surface area contributed by atoms with Crippen LogP contribution in [-0.4, -0.2) is 67.1 Å². The van der Waals surface area contributed by atoms with Gasteiger partial charge in [0.25, 0.3) is 5.91 Å². The van der Waals surface area contributed by atoms with Gasteiger partial charge in [-0.3, -0.25) is 4.79 Å². The van der Waals surface area contributed by atoms with E-state index in [1.807, 2.05) is 6.92 Å². The van der Waals surface area contributed by atoms with Crippen LogP contribution in [0.25, 0.3) is 11.5 Å². The minimum absolute atomic E-state index is 0.0844. The van der Waals surface area contributed by atoms with Gasteiger partial charge in [-0.15, -0.1) is 10.2 Å². The fourth-order valence-corrected chi connectivity index (χ4v) is 3.75. The van der Waals surface area contributed by atoms with Crippen molar-refractivity contribution in [1.29, 1.82) is 0 Å². The van der Waals surface area contributed by atoms with Gasteiger partial charge in [0.05, 0.1) is 25.3 Å². The lowest BCUT2D eigenvalue weighted by Gasteiger charge is -2.27. The normalized spacial score (nSPS) is 13.8. The zero-order valence-electron chi connectivity index (χ0n) is 18.2. The first kappa shape index (κ1) is 22.2. The molecule has 0 bridgehead atoms. The van der Waals surface area contributed by atoms with Crippen molar-refractivity contribution >= 4 is 17.8 Å². The second-order valence-electron chi connectivity index (χ2n) is 7.73. The molecule has 172 valence electrons. The highest BCUT2D eigenvalue weighted by molar-refractivity contribution is 6.06. The van der Waals surface area contributed by atoms with Crippen LogP contribution in [0.15, 0.2) is 36.7 Å². The van der Waals surface area contributed by atoms with Crippen molar-refractivity contribution in [3.8, 4) is 17.3 Å². The van der Waals surface area contributed by atoms with Gasteiger partial charge >= 0.3 is 6.09 Å².